The van der Waals surface area contributed by atoms with Gasteiger partial charge in [0.25, 0.3) is 0 Å². The lowest BCUT2D eigenvalue weighted by molar-refractivity contribution is 0.0734. The Morgan fingerprint density at radius 3 is 2.55 bits per heavy atom. The average molecular weight is 390 g/mol. The van der Waals surface area contributed by atoms with Gasteiger partial charge in [-0.25, -0.2) is 9.18 Å². The maximum absolute atomic E-state index is 13.0. The second-order valence-corrected chi connectivity index (χ2v) is 6.27. The van der Waals surface area contributed by atoms with Gasteiger partial charge in [0.05, 0.1) is 18.2 Å². The predicted molar refractivity (Wildman–Crippen MR) is 104 cm³/mol. The van der Waals surface area contributed by atoms with Gasteiger partial charge in [0, 0.05) is 6.07 Å². The molecule has 0 fully saturated rings. The fourth-order valence-electron chi connectivity index (χ4n) is 2.86. The number of esters is 1. The molecule has 5 nitrogen and oxygen atoms in total. The highest BCUT2D eigenvalue weighted by molar-refractivity contribution is 6.14. The van der Waals surface area contributed by atoms with Crippen molar-refractivity contribution in [3.05, 3.63) is 95.0 Å². The highest BCUT2D eigenvalue weighted by atomic mass is 19.1. The molecule has 0 saturated carbocycles. The van der Waals surface area contributed by atoms with Crippen LogP contribution in [0.15, 0.2) is 72.5 Å². The van der Waals surface area contributed by atoms with Gasteiger partial charge < -0.3 is 14.2 Å². The van der Waals surface area contributed by atoms with E-state index in [1.807, 2.05) is 0 Å². The third kappa shape index (κ3) is 3.87. The van der Waals surface area contributed by atoms with E-state index in [0.717, 1.165) is 0 Å². The molecule has 0 N–H and O–H groups in total. The molecule has 0 aliphatic carbocycles. The molecular formula is C23H15FO5. The molecule has 0 aromatic heterocycles. The summed E-state index contributed by atoms with van der Waals surface area (Å²) in [5.41, 5.74) is 1.32. The normalized spacial score (nSPS) is 13.7. The number of benzene rings is 3. The highest BCUT2D eigenvalue weighted by Gasteiger charge is 2.28. The molecule has 0 bridgehead atoms. The number of carbonyl (C=O) groups is 2. The van der Waals surface area contributed by atoms with Crippen molar-refractivity contribution in [1.29, 1.82) is 0 Å². The zero-order chi connectivity index (χ0) is 20.4. The number of fused-ring (bicyclic) bond motifs is 1. The molecule has 0 saturated heterocycles. The molecule has 6 heteroatoms. The summed E-state index contributed by atoms with van der Waals surface area (Å²) in [6, 6.07) is 16.8. The maximum Gasteiger partial charge on any atom is 0.343 e. The van der Waals surface area contributed by atoms with E-state index in [1.165, 1.54) is 43.5 Å². The van der Waals surface area contributed by atoms with Crippen molar-refractivity contribution < 1.29 is 28.2 Å². The second-order valence-electron chi connectivity index (χ2n) is 6.27. The van der Waals surface area contributed by atoms with E-state index < -0.39 is 5.97 Å². The van der Waals surface area contributed by atoms with Crippen LogP contribution in [0.5, 0.6) is 17.2 Å². The Balaban J connectivity index is 1.54. The Labute approximate surface area is 166 Å². The van der Waals surface area contributed by atoms with Crippen LogP contribution in [0.1, 0.15) is 26.3 Å². The summed E-state index contributed by atoms with van der Waals surface area (Å²) in [5, 5.41) is 0. The smallest absolute Gasteiger partial charge is 0.343 e. The van der Waals surface area contributed by atoms with Crippen LogP contribution in [-0.2, 0) is 0 Å². The Bertz CT molecular complexity index is 1130. The fraction of sp³-hybridized carbons (Fsp3) is 0.0435. The molecule has 0 amide bonds. The lowest BCUT2D eigenvalue weighted by Crippen LogP contribution is -2.08. The van der Waals surface area contributed by atoms with E-state index in [4.69, 9.17) is 14.2 Å². The van der Waals surface area contributed by atoms with Crippen LogP contribution in [0.3, 0.4) is 0 Å². The number of halogens is 1. The van der Waals surface area contributed by atoms with Gasteiger partial charge in [-0.05, 0) is 54.1 Å². The van der Waals surface area contributed by atoms with Gasteiger partial charge in [0.2, 0.25) is 5.78 Å². The lowest BCUT2D eigenvalue weighted by Gasteiger charge is -2.07. The number of hydrogen-bond donors (Lipinski definition) is 0. The van der Waals surface area contributed by atoms with Crippen molar-refractivity contribution in [2.24, 2.45) is 0 Å². The van der Waals surface area contributed by atoms with E-state index >= 15 is 0 Å². The molecule has 0 spiro atoms. The Morgan fingerprint density at radius 2 is 1.79 bits per heavy atom. The van der Waals surface area contributed by atoms with Gasteiger partial charge in [-0.15, -0.1) is 0 Å². The topological polar surface area (TPSA) is 61.8 Å². The number of methoxy groups -OCH3 is 1. The van der Waals surface area contributed by atoms with Gasteiger partial charge in [-0.1, -0.05) is 18.2 Å². The van der Waals surface area contributed by atoms with Crippen molar-refractivity contribution in [1.82, 2.24) is 0 Å². The van der Waals surface area contributed by atoms with Crippen LogP contribution < -0.4 is 14.2 Å². The third-order valence-corrected chi connectivity index (χ3v) is 4.33. The Hall–Kier alpha value is -3.93. The minimum atomic E-state index is -0.560. The summed E-state index contributed by atoms with van der Waals surface area (Å²) in [5.74, 6) is -0.0330. The molecule has 3 aromatic carbocycles. The average Bonchev–Trinajstić information content (AvgIpc) is 3.04. The summed E-state index contributed by atoms with van der Waals surface area (Å²) in [6.07, 6.45) is 1.53. The van der Waals surface area contributed by atoms with Crippen molar-refractivity contribution in [2.45, 2.75) is 0 Å². The van der Waals surface area contributed by atoms with Crippen LogP contribution in [0.2, 0.25) is 0 Å². The molecular weight excluding hydrogens is 375 g/mol. The molecule has 144 valence electrons. The van der Waals surface area contributed by atoms with E-state index in [1.54, 1.807) is 36.4 Å². The molecule has 0 radical (unpaired) electrons. The van der Waals surface area contributed by atoms with E-state index in [0.29, 0.717) is 28.2 Å². The highest BCUT2D eigenvalue weighted by Crippen LogP contribution is 2.35. The molecule has 1 heterocycles. The molecule has 29 heavy (non-hydrogen) atoms. The molecule has 0 atom stereocenters. The predicted octanol–water partition coefficient (Wildman–Crippen LogP) is 4.67. The summed E-state index contributed by atoms with van der Waals surface area (Å²) in [4.78, 5) is 24.9. The van der Waals surface area contributed by atoms with E-state index in [-0.39, 0.29) is 23.1 Å². The zero-order valence-corrected chi connectivity index (χ0v) is 15.3. The fourth-order valence-corrected chi connectivity index (χ4v) is 2.86. The SMILES string of the molecule is COc1cccc(C(=O)Oc2ccc3c(c2)OC(=Cc2ccc(F)cc2)C3=O)c1. The zero-order valence-electron chi connectivity index (χ0n) is 15.3. The number of allylic oxidation sites excluding steroid dienone is 1. The monoisotopic (exact) mass is 390 g/mol. The standard InChI is InChI=1S/C23H15FO5/c1-27-17-4-2-3-15(12-17)23(26)28-18-9-10-19-20(13-18)29-21(22(19)25)11-14-5-7-16(24)8-6-14/h2-13H,1H3. The van der Waals surface area contributed by atoms with Crippen LogP contribution >= 0.6 is 0 Å². The minimum absolute atomic E-state index is 0.114. The summed E-state index contributed by atoms with van der Waals surface area (Å²) < 4.78 is 29.1. The van der Waals surface area contributed by atoms with Gasteiger partial charge in [-0.2, -0.15) is 0 Å². The molecule has 1 aliphatic heterocycles. The first-order valence-corrected chi connectivity index (χ1v) is 8.73. The summed E-state index contributed by atoms with van der Waals surface area (Å²) in [6.45, 7) is 0. The first kappa shape index (κ1) is 18.4. The second kappa shape index (κ2) is 7.59. The van der Waals surface area contributed by atoms with E-state index in [9.17, 15) is 14.0 Å². The Kier molecular flexibility index (Phi) is 4.83. The first-order valence-electron chi connectivity index (χ1n) is 8.73. The third-order valence-electron chi connectivity index (χ3n) is 4.33. The number of carbonyl (C=O) groups excluding carboxylic acids is 2. The van der Waals surface area contributed by atoms with Crippen molar-refractivity contribution in [3.63, 3.8) is 0 Å². The van der Waals surface area contributed by atoms with Crippen molar-refractivity contribution >= 4 is 17.8 Å². The number of Topliss-reactive ketones (excluding diaryl/α,β-unsaturated/α-hetero) is 1. The minimum Gasteiger partial charge on any atom is -0.497 e. The molecule has 4 rings (SSSR count). The van der Waals surface area contributed by atoms with Gasteiger partial charge >= 0.3 is 5.97 Å². The summed E-state index contributed by atoms with van der Waals surface area (Å²) in [7, 11) is 1.51. The maximum atomic E-state index is 13.0. The number of ether oxygens (including phenoxy) is 3. The van der Waals surface area contributed by atoms with Crippen LogP contribution in [0.25, 0.3) is 6.08 Å². The molecule has 0 unspecified atom stereocenters. The van der Waals surface area contributed by atoms with Crippen LogP contribution in [0.4, 0.5) is 4.39 Å². The lowest BCUT2D eigenvalue weighted by atomic mass is 10.1. The Morgan fingerprint density at radius 1 is 1.00 bits per heavy atom. The van der Waals surface area contributed by atoms with Crippen LogP contribution in [0, 0.1) is 5.82 Å². The number of ketones is 1. The van der Waals surface area contributed by atoms with Gasteiger partial charge in [0.15, 0.2) is 5.76 Å². The van der Waals surface area contributed by atoms with Gasteiger partial charge in [0.1, 0.15) is 23.1 Å². The van der Waals surface area contributed by atoms with E-state index in [2.05, 4.69) is 0 Å². The number of hydrogen-bond acceptors (Lipinski definition) is 5. The molecule has 1 aliphatic rings. The van der Waals surface area contributed by atoms with Gasteiger partial charge in [-0.3, -0.25) is 4.79 Å². The largest absolute Gasteiger partial charge is 0.497 e. The first-order chi connectivity index (χ1) is 14.0. The van der Waals surface area contributed by atoms with Crippen molar-refractivity contribution in [3.8, 4) is 17.2 Å². The molecule has 3 aromatic rings. The quantitative estimate of drug-likeness (QED) is 0.368. The number of rotatable bonds is 4. The van der Waals surface area contributed by atoms with Crippen LogP contribution in [-0.4, -0.2) is 18.9 Å². The van der Waals surface area contributed by atoms with Crippen molar-refractivity contribution in [2.75, 3.05) is 7.11 Å². The summed E-state index contributed by atoms with van der Waals surface area (Å²) >= 11 is 0.